The number of rotatable bonds is 4. The monoisotopic (exact) mass is 372 g/mol. The lowest BCUT2D eigenvalue weighted by molar-refractivity contribution is -0.184. The number of piperidine rings is 1. The molecule has 6 nitrogen and oxygen atoms in total. The van der Waals surface area contributed by atoms with Crippen LogP contribution in [-0.4, -0.2) is 80.1 Å². The quantitative estimate of drug-likeness (QED) is 0.741. The SMILES string of the molecule is CN1CCC(C(=O)NCC(N2CCNCC2)C(F)(F)F)CC1=O.Cl. The number of carbonyl (C=O) groups excluding carboxylic acids is 2. The molecule has 2 rings (SSSR count). The number of alkyl halides is 3. The zero-order valence-electron chi connectivity index (χ0n) is 13.6. The van der Waals surface area contributed by atoms with Gasteiger partial charge in [0, 0.05) is 58.7 Å². The van der Waals surface area contributed by atoms with Gasteiger partial charge in [0.2, 0.25) is 11.8 Å². The first-order valence-electron chi connectivity index (χ1n) is 7.82. The molecule has 2 aliphatic rings. The molecule has 140 valence electrons. The molecule has 0 bridgehead atoms. The van der Waals surface area contributed by atoms with Gasteiger partial charge in [-0.1, -0.05) is 0 Å². The number of carbonyl (C=O) groups is 2. The van der Waals surface area contributed by atoms with E-state index in [-0.39, 0.29) is 24.7 Å². The fraction of sp³-hybridized carbons (Fsp3) is 0.857. The summed E-state index contributed by atoms with van der Waals surface area (Å²) in [7, 11) is 1.65. The van der Waals surface area contributed by atoms with E-state index in [9.17, 15) is 22.8 Å². The molecular weight excluding hydrogens is 349 g/mol. The topological polar surface area (TPSA) is 64.7 Å². The molecule has 2 heterocycles. The zero-order chi connectivity index (χ0) is 17.0. The average molecular weight is 373 g/mol. The van der Waals surface area contributed by atoms with Crippen molar-refractivity contribution < 1.29 is 22.8 Å². The molecule has 2 atom stereocenters. The van der Waals surface area contributed by atoms with Crippen molar-refractivity contribution in [3.8, 4) is 0 Å². The van der Waals surface area contributed by atoms with Crippen LogP contribution in [0, 0.1) is 5.92 Å². The summed E-state index contributed by atoms with van der Waals surface area (Å²) in [5.41, 5.74) is 0. The first-order chi connectivity index (χ1) is 10.8. The average Bonchev–Trinajstić information content (AvgIpc) is 2.49. The van der Waals surface area contributed by atoms with E-state index >= 15 is 0 Å². The lowest BCUT2D eigenvalue weighted by Crippen LogP contribution is -2.58. The van der Waals surface area contributed by atoms with Crippen molar-refractivity contribution in [2.24, 2.45) is 5.92 Å². The molecule has 0 aromatic heterocycles. The van der Waals surface area contributed by atoms with Crippen molar-refractivity contribution in [3.05, 3.63) is 0 Å². The Morgan fingerprint density at radius 3 is 2.50 bits per heavy atom. The predicted molar refractivity (Wildman–Crippen MR) is 84.9 cm³/mol. The van der Waals surface area contributed by atoms with Crippen LogP contribution in [0.25, 0.3) is 0 Å². The molecule has 2 N–H and O–H groups in total. The Bertz CT molecular complexity index is 444. The summed E-state index contributed by atoms with van der Waals surface area (Å²) in [5.74, 6) is -1.14. The van der Waals surface area contributed by atoms with E-state index in [0.717, 1.165) is 0 Å². The largest absolute Gasteiger partial charge is 0.405 e. The van der Waals surface area contributed by atoms with Crippen LogP contribution in [0.2, 0.25) is 0 Å². The molecule has 2 amide bonds. The fourth-order valence-electron chi connectivity index (χ4n) is 2.95. The van der Waals surface area contributed by atoms with Crippen LogP contribution in [0.5, 0.6) is 0 Å². The van der Waals surface area contributed by atoms with Crippen molar-refractivity contribution in [1.29, 1.82) is 0 Å². The third-order valence-electron chi connectivity index (χ3n) is 4.47. The van der Waals surface area contributed by atoms with Crippen LogP contribution < -0.4 is 10.6 Å². The van der Waals surface area contributed by atoms with Gasteiger partial charge in [-0.25, -0.2) is 0 Å². The molecule has 2 saturated heterocycles. The number of halogens is 4. The smallest absolute Gasteiger partial charge is 0.354 e. The van der Waals surface area contributed by atoms with Crippen LogP contribution in [0.1, 0.15) is 12.8 Å². The van der Waals surface area contributed by atoms with E-state index in [1.54, 1.807) is 7.05 Å². The van der Waals surface area contributed by atoms with Gasteiger partial charge in [0.15, 0.2) is 0 Å². The second kappa shape index (κ2) is 8.87. The van der Waals surface area contributed by atoms with Crippen molar-refractivity contribution in [2.45, 2.75) is 25.1 Å². The number of hydrogen-bond acceptors (Lipinski definition) is 4. The van der Waals surface area contributed by atoms with Crippen LogP contribution in [0.4, 0.5) is 13.2 Å². The number of amides is 2. The van der Waals surface area contributed by atoms with Gasteiger partial charge in [-0.3, -0.25) is 14.5 Å². The fourth-order valence-corrected chi connectivity index (χ4v) is 2.95. The van der Waals surface area contributed by atoms with Crippen molar-refractivity contribution in [2.75, 3.05) is 46.3 Å². The number of nitrogens with zero attached hydrogens (tertiary/aromatic N) is 2. The van der Waals surface area contributed by atoms with Crippen LogP contribution in [-0.2, 0) is 9.59 Å². The summed E-state index contributed by atoms with van der Waals surface area (Å²) in [6.07, 6.45) is -3.85. The summed E-state index contributed by atoms with van der Waals surface area (Å²) in [6.45, 7) is 1.59. The van der Waals surface area contributed by atoms with Gasteiger partial charge >= 0.3 is 6.18 Å². The number of nitrogens with one attached hydrogen (secondary N) is 2. The second-order valence-electron chi connectivity index (χ2n) is 6.09. The predicted octanol–water partition coefficient (Wildman–Crippen LogP) is 0.229. The number of piperazine rings is 1. The van der Waals surface area contributed by atoms with E-state index in [0.29, 0.717) is 39.1 Å². The number of likely N-dealkylation sites (tertiary alicyclic amines) is 1. The van der Waals surface area contributed by atoms with Gasteiger partial charge in [0.1, 0.15) is 6.04 Å². The summed E-state index contributed by atoms with van der Waals surface area (Å²) in [6, 6.07) is -1.68. The van der Waals surface area contributed by atoms with Gasteiger partial charge in [-0.2, -0.15) is 13.2 Å². The first-order valence-corrected chi connectivity index (χ1v) is 7.82. The molecule has 0 saturated carbocycles. The summed E-state index contributed by atoms with van der Waals surface area (Å²) >= 11 is 0. The molecule has 0 aromatic rings. The van der Waals surface area contributed by atoms with Gasteiger partial charge < -0.3 is 15.5 Å². The minimum absolute atomic E-state index is 0. The zero-order valence-corrected chi connectivity index (χ0v) is 14.4. The van der Waals surface area contributed by atoms with E-state index < -0.39 is 30.6 Å². The molecule has 2 aliphatic heterocycles. The Labute approximate surface area is 145 Å². The third kappa shape index (κ3) is 5.49. The summed E-state index contributed by atoms with van der Waals surface area (Å²) in [4.78, 5) is 26.6. The third-order valence-corrected chi connectivity index (χ3v) is 4.47. The Hall–Kier alpha value is -1.06. The van der Waals surface area contributed by atoms with Gasteiger partial charge in [0.05, 0.1) is 0 Å². The maximum absolute atomic E-state index is 13.2. The molecular formula is C14H24ClF3N4O2. The molecule has 2 unspecified atom stereocenters. The minimum atomic E-state index is -4.40. The van der Waals surface area contributed by atoms with Crippen molar-refractivity contribution >= 4 is 24.2 Å². The molecule has 24 heavy (non-hydrogen) atoms. The second-order valence-corrected chi connectivity index (χ2v) is 6.09. The lowest BCUT2D eigenvalue weighted by Gasteiger charge is -2.36. The van der Waals surface area contributed by atoms with Gasteiger partial charge in [-0.15, -0.1) is 12.4 Å². The molecule has 10 heteroatoms. The highest BCUT2D eigenvalue weighted by molar-refractivity contribution is 5.86. The van der Waals surface area contributed by atoms with Crippen molar-refractivity contribution in [3.63, 3.8) is 0 Å². The van der Waals surface area contributed by atoms with E-state index in [4.69, 9.17) is 0 Å². The highest BCUT2D eigenvalue weighted by atomic mass is 35.5. The van der Waals surface area contributed by atoms with E-state index in [1.807, 2.05) is 0 Å². The molecule has 0 aromatic carbocycles. The van der Waals surface area contributed by atoms with E-state index in [1.165, 1.54) is 9.80 Å². The van der Waals surface area contributed by atoms with Crippen molar-refractivity contribution in [1.82, 2.24) is 20.4 Å². The summed E-state index contributed by atoms with van der Waals surface area (Å²) in [5, 5.41) is 5.41. The maximum Gasteiger partial charge on any atom is 0.405 e. The Balaban J connectivity index is 0.00000288. The van der Waals surface area contributed by atoms with Crippen LogP contribution in [0.15, 0.2) is 0 Å². The first kappa shape index (κ1) is 21.0. The minimum Gasteiger partial charge on any atom is -0.354 e. The molecule has 2 fully saturated rings. The molecule has 0 spiro atoms. The van der Waals surface area contributed by atoms with Crippen LogP contribution in [0.3, 0.4) is 0 Å². The Morgan fingerprint density at radius 2 is 1.96 bits per heavy atom. The molecule has 0 aliphatic carbocycles. The lowest BCUT2D eigenvalue weighted by atomic mass is 9.95. The summed E-state index contributed by atoms with van der Waals surface area (Å²) < 4.78 is 39.7. The highest BCUT2D eigenvalue weighted by Crippen LogP contribution is 2.25. The van der Waals surface area contributed by atoms with Gasteiger partial charge in [0.25, 0.3) is 0 Å². The normalized spacial score (nSPS) is 24.2. The highest BCUT2D eigenvalue weighted by Gasteiger charge is 2.44. The Kier molecular flexibility index (Phi) is 7.75. The molecule has 0 radical (unpaired) electrons. The maximum atomic E-state index is 13.2. The van der Waals surface area contributed by atoms with Crippen LogP contribution >= 0.6 is 12.4 Å². The van der Waals surface area contributed by atoms with E-state index in [2.05, 4.69) is 10.6 Å². The van der Waals surface area contributed by atoms with Gasteiger partial charge in [-0.05, 0) is 6.42 Å². The number of hydrogen-bond donors (Lipinski definition) is 2. The standard InChI is InChI=1S/C14H23F3N4O2.ClH/c1-20-5-2-10(8-12(20)22)13(23)19-9-11(14(15,16)17)21-6-3-18-4-7-21;/h10-11,18H,2-9H2,1H3,(H,19,23);1H. The Morgan fingerprint density at radius 1 is 1.33 bits per heavy atom.